The first-order valence-corrected chi connectivity index (χ1v) is 7.80. The van der Waals surface area contributed by atoms with Gasteiger partial charge in [-0.1, -0.05) is 31.2 Å². The van der Waals surface area contributed by atoms with Gasteiger partial charge in [-0.05, 0) is 18.1 Å². The third kappa shape index (κ3) is 3.74. The van der Waals surface area contributed by atoms with E-state index >= 15 is 0 Å². The molecule has 118 valence electrons. The highest BCUT2D eigenvalue weighted by molar-refractivity contribution is 5.62. The average molecular weight is 307 g/mol. The Morgan fingerprint density at radius 3 is 2.52 bits per heavy atom. The summed E-state index contributed by atoms with van der Waals surface area (Å²) in [7, 11) is 1.93. The molecule has 0 saturated carbocycles. The van der Waals surface area contributed by atoms with Crippen LogP contribution in [-0.2, 0) is 20.0 Å². The zero-order chi connectivity index (χ0) is 16.2. The quantitative estimate of drug-likeness (QED) is 0.785. The molecule has 0 saturated heterocycles. The summed E-state index contributed by atoms with van der Waals surface area (Å²) in [5, 5.41) is 7.58. The molecule has 0 spiro atoms. The van der Waals surface area contributed by atoms with Crippen molar-refractivity contribution in [2.45, 2.75) is 26.8 Å². The Bertz CT molecular complexity index is 789. The average Bonchev–Trinajstić information content (AvgIpc) is 2.99. The molecule has 5 heteroatoms. The third-order valence-electron chi connectivity index (χ3n) is 3.68. The van der Waals surface area contributed by atoms with E-state index in [0.29, 0.717) is 0 Å². The SMILES string of the molecule is CCc1nc(C)cc(NCc2ccc(-c3cnn(C)c3)cc2)n1. The lowest BCUT2D eigenvalue weighted by Crippen LogP contribution is -2.05. The number of aryl methyl sites for hydroxylation is 3. The van der Waals surface area contributed by atoms with Gasteiger partial charge >= 0.3 is 0 Å². The van der Waals surface area contributed by atoms with Crippen molar-refractivity contribution in [1.82, 2.24) is 19.7 Å². The van der Waals surface area contributed by atoms with Gasteiger partial charge in [-0.15, -0.1) is 0 Å². The molecule has 0 unspecified atom stereocenters. The van der Waals surface area contributed by atoms with Crippen LogP contribution in [0, 0.1) is 6.92 Å². The molecule has 1 aromatic carbocycles. The number of anilines is 1. The molecular formula is C18H21N5. The normalized spacial score (nSPS) is 10.7. The molecule has 2 aromatic heterocycles. The summed E-state index contributed by atoms with van der Waals surface area (Å²) in [6.45, 7) is 4.80. The lowest BCUT2D eigenvalue weighted by Gasteiger charge is -2.08. The summed E-state index contributed by atoms with van der Waals surface area (Å²) < 4.78 is 1.81. The smallest absolute Gasteiger partial charge is 0.130 e. The van der Waals surface area contributed by atoms with Gasteiger partial charge in [-0.3, -0.25) is 4.68 Å². The maximum Gasteiger partial charge on any atom is 0.130 e. The summed E-state index contributed by atoms with van der Waals surface area (Å²) in [6.07, 6.45) is 4.74. The van der Waals surface area contributed by atoms with Crippen molar-refractivity contribution in [3.8, 4) is 11.1 Å². The molecule has 0 amide bonds. The van der Waals surface area contributed by atoms with Gasteiger partial charge in [-0.25, -0.2) is 9.97 Å². The minimum Gasteiger partial charge on any atom is -0.366 e. The van der Waals surface area contributed by atoms with Crippen molar-refractivity contribution in [3.05, 3.63) is 59.8 Å². The molecule has 0 atom stereocenters. The van der Waals surface area contributed by atoms with Crippen LogP contribution in [0.4, 0.5) is 5.82 Å². The number of aromatic nitrogens is 4. The van der Waals surface area contributed by atoms with Crippen molar-refractivity contribution < 1.29 is 0 Å². The van der Waals surface area contributed by atoms with Crippen LogP contribution in [-0.4, -0.2) is 19.7 Å². The molecule has 0 bridgehead atoms. The lowest BCUT2D eigenvalue weighted by atomic mass is 10.1. The number of rotatable bonds is 5. The molecule has 0 aliphatic heterocycles. The van der Waals surface area contributed by atoms with E-state index in [9.17, 15) is 0 Å². The fourth-order valence-electron chi connectivity index (χ4n) is 2.46. The molecule has 1 N–H and O–H groups in total. The van der Waals surface area contributed by atoms with Crippen LogP contribution in [0.25, 0.3) is 11.1 Å². The number of hydrogen-bond acceptors (Lipinski definition) is 4. The number of benzene rings is 1. The van der Waals surface area contributed by atoms with Crippen LogP contribution in [0.3, 0.4) is 0 Å². The van der Waals surface area contributed by atoms with E-state index in [2.05, 4.69) is 51.6 Å². The second kappa shape index (κ2) is 6.60. The van der Waals surface area contributed by atoms with Gasteiger partial charge in [0.2, 0.25) is 0 Å². The summed E-state index contributed by atoms with van der Waals surface area (Å²) >= 11 is 0. The Morgan fingerprint density at radius 2 is 1.87 bits per heavy atom. The second-order valence-corrected chi connectivity index (χ2v) is 5.62. The van der Waals surface area contributed by atoms with E-state index in [1.165, 1.54) is 11.1 Å². The van der Waals surface area contributed by atoms with Gasteiger partial charge in [0, 0.05) is 43.5 Å². The zero-order valence-corrected chi connectivity index (χ0v) is 13.7. The maximum atomic E-state index is 4.50. The molecule has 0 aliphatic carbocycles. The Kier molecular flexibility index (Phi) is 4.37. The number of nitrogens with one attached hydrogen (secondary N) is 1. The summed E-state index contributed by atoms with van der Waals surface area (Å²) in [5.41, 5.74) is 4.51. The second-order valence-electron chi connectivity index (χ2n) is 5.62. The Morgan fingerprint density at radius 1 is 1.09 bits per heavy atom. The number of nitrogens with zero attached hydrogens (tertiary/aromatic N) is 4. The molecule has 0 aliphatic rings. The Labute approximate surface area is 136 Å². The van der Waals surface area contributed by atoms with Crippen molar-refractivity contribution in [1.29, 1.82) is 0 Å². The first-order chi connectivity index (χ1) is 11.1. The first-order valence-electron chi connectivity index (χ1n) is 7.80. The molecule has 3 rings (SSSR count). The van der Waals surface area contributed by atoms with E-state index in [1.807, 2.05) is 37.1 Å². The van der Waals surface area contributed by atoms with Crippen LogP contribution in [0.15, 0.2) is 42.7 Å². The molecule has 5 nitrogen and oxygen atoms in total. The largest absolute Gasteiger partial charge is 0.366 e. The predicted octanol–water partition coefficient (Wildman–Crippen LogP) is 3.36. The van der Waals surface area contributed by atoms with Crippen molar-refractivity contribution in [2.24, 2.45) is 7.05 Å². The zero-order valence-electron chi connectivity index (χ0n) is 13.7. The van der Waals surface area contributed by atoms with E-state index < -0.39 is 0 Å². The van der Waals surface area contributed by atoms with Crippen LogP contribution in [0.2, 0.25) is 0 Å². The van der Waals surface area contributed by atoms with Crippen molar-refractivity contribution in [3.63, 3.8) is 0 Å². The molecule has 3 aromatic rings. The fourth-order valence-corrected chi connectivity index (χ4v) is 2.46. The van der Waals surface area contributed by atoms with Crippen molar-refractivity contribution >= 4 is 5.82 Å². The first kappa shape index (κ1) is 15.2. The highest BCUT2D eigenvalue weighted by Crippen LogP contribution is 2.19. The minimum atomic E-state index is 0.743. The van der Waals surface area contributed by atoms with Gasteiger partial charge in [-0.2, -0.15) is 5.10 Å². The molecule has 0 fully saturated rings. The number of hydrogen-bond donors (Lipinski definition) is 1. The third-order valence-corrected chi connectivity index (χ3v) is 3.68. The van der Waals surface area contributed by atoms with E-state index in [0.717, 1.165) is 35.9 Å². The standard InChI is InChI=1S/C18H21N5/c1-4-17-21-13(2)9-18(22-17)19-10-14-5-7-15(8-6-14)16-11-20-23(3)12-16/h5-9,11-12H,4,10H2,1-3H3,(H,19,21,22). The van der Waals surface area contributed by atoms with Crippen LogP contribution in [0.5, 0.6) is 0 Å². The molecular weight excluding hydrogens is 286 g/mol. The minimum absolute atomic E-state index is 0.743. The summed E-state index contributed by atoms with van der Waals surface area (Å²) in [5.74, 6) is 1.75. The lowest BCUT2D eigenvalue weighted by molar-refractivity contribution is 0.768. The highest BCUT2D eigenvalue weighted by Gasteiger charge is 2.03. The van der Waals surface area contributed by atoms with Crippen LogP contribution < -0.4 is 5.32 Å². The van der Waals surface area contributed by atoms with Gasteiger partial charge in [0.05, 0.1) is 6.20 Å². The van der Waals surface area contributed by atoms with Gasteiger partial charge in [0.1, 0.15) is 11.6 Å². The molecule has 2 heterocycles. The fraction of sp³-hybridized carbons (Fsp3) is 0.278. The van der Waals surface area contributed by atoms with E-state index in [1.54, 1.807) is 0 Å². The van der Waals surface area contributed by atoms with Gasteiger partial charge < -0.3 is 5.32 Å². The Balaban J connectivity index is 1.68. The maximum absolute atomic E-state index is 4.50. The van der Waals surface area contributed by atoms with E-state index in [-0.39, 0.29) is 0 Å². The van der Waals surface area contributed by atoms with Gasteiger partial charge in [0.25, 0.3) is 0 Å². The highest BCUT2D eigenvalue weighted by atomic mass is 15.2. The van der Waals surface area contributed by atoms with Crippen LogP contribution in [0.1, 0.15) is 24.0 Å². The summed E-state index contributed by atoms with van der Waals surface area (Å²) in [6, 6.07) is 10.5. The van der Waals surface area contributed by atoms with Crippen molar-refractivity contribution in [2.75, 3.05) is 5.32 Å². The molecule has 23 heavy (non-hydrogen) atoms. The monoisotopic (exact) mass is 307 g/mol. The Hall–Kier alpha value is -2.69. The molecule has 0 radical (unpaired) electrons. The van der Waals surface area contributed by atoms with Gasteiger partial charge in [0.15, 0.2) is 0 Å². The predicted molar refractivity (Wildman–Crippen MR) is 92.1 cm³/mol. The van der Waals surface area contributed by atoms with Crippen LogP contribution >= 0.6 is 0 Å². The topological polar surface area (TPSA) is 55.6 Å². The van der Waals surface area contributed by atoms with E-state index in [4.69, 9.17) is 0 Å². The summed E-state index contributed by atoms with van der Waals surface area (Å²) in [4.78, 5) is 8.90.